The molecule has 1 aromatic heterocycles. The van der Waals surface area contributed by atoms with Crippen LogP contribution in [0.1, 0.15) is 18.5 Å². The van der Waals surface area contributed by atoms with Gasteiger partial charge in [0, 0.05) is 32.2 Å². The largest absolute Gasteiger partial charge is 0.495 e. The number of nitrogens with one attached hydrogen (secondary N) is 1. The predicted molar refractivity (Wildman–Crippen MR) is 116 cm³/mol. The lowest BCUT2D eigenvalue weighted by atomic mass is 10.1. The van der Waals surface area contributed by atoms with Crippen LogP contribution in [-0.4, -0.2) is 48.5 Å². The van der Waals surface area contributed by atoms with E-state index in [0.717, 1.165) is 43.4 Å². The summed E-state index contributed by atoms with van der Waals surface area (Å²) in [4.78, 5) is 9.20. The van der Waals surface area contributed by atoms with Gasteiger partial charge in [0.05, 0.1) is 19.0 Å². The molecule has 1 atom stereocenters. The molecule has 1 aliphatic rings. The first-order valence-electron chi connectivity index (χ1n) is 9.88. The Labute approximate surface area is 171 Å². The van der Waals surface area contributed by atoms with E-state index in [2.05, 4.69) is 50.4 Å². The van der Waals surface area contributed by atoms with Crippen molar-refractivity contribution in [3.8, 4) is 5.75 Å². The van der Waals surface area contributed by atoms with Gasteiger partial charge < -0.3 is 19.9 Å². The van der Waals surface area contributed by atoms with Gasteiger partial charge in [0.1, 0.15) is 5.75 Å². The normalized spacial score (nSPS) is 15.1. The second kappa shape index (κ2) is 8.77. The molecule has 2 heterocycles. The molecular weight excluding hydrogens is 364 g/mol. The molecular formula is C22H26N6O. The number of methoxy groups -OCH3 is 1. The molecule has 7 nitrogen and oxygen atoms in total. The average Bonchev–Trinajstić information content (AvgIpc) is 2.80. The molecule has 1 unspecified atom stereocenters. The molecule has 3 aromatic rings. The van der Waals surface area contributed by atoms with Crippen molar-refractivity contribution in [1.82, 2.24) is 15.2 Å². The Morgan fingerprint density at radius 3 is 2.38 bits per heavy atom. The van der Waals surface area contributed by atoms with Crippen molar-refractivity contribution in [3.05, 3.63) is 66.4 Å². The van der Waals surface area contributed by atoms with E-state index in [1.165, 1.54) is 5.56 Å². The van der Waals surface area contributed by atoms with Gasteiger partial charge in [-0.1, -0.05) is 42.5 Å². The zero-order chi connectivity index (χ0) is 20.1. The zero-order valence-corrected chi connectivity index (χ0v) is 16.8. The molecule has 1 aliphatic heterocycles. The quantitative estimate of drug-likeness (QED) is 0.692. The molecule has 150 valence electrons. The van der Waals surface area contributed by atoms with Crippen LogP contribution < -0.4 is 19.9 Å². The van der Waals surface area contributed by atoms with Crippen LogP contribution >= 0.6 is 0 Å². The number of nitrogens with zero attached hydrogens (tertiary/aromatic N) is 5. The Kier molecular flexibility index (Phi) is 5.74. The van der Waals surface area contributed by atoms with E-state index in [0.29, 0.717) is 5.95 Å². The summed E-state index contributed by atoms with van der Waals surface area (Å²) in [6.45, 7) is 5.53. The Bertz CT molecular complexity index is 927. The van der Waals surface area contributed by atoms with E-state index >= 15 is 0 Å². The minimum atomic E-state index is 0.142. The topological polar surface area (TPSA) is 66.4 Å². The lowest BCUT2D eigenvalue weighted by Gasteiger charge is -2.36. The fourth-order valence-electron chi connectivity index (χ4n) is 3.58. The lowest BCUT2D eigenvalue weighted by Crippen LogP contribution is -2.47. The standard InChI is InChI=1S/C22H26N6O/c1-17(18-8-4-3-5-9-18)24-21-16-23-26-22(25-21)28-14-12-27(13-15-28)19-10-6-7-11-20(19)29-2/h3-11,16-17H,12-15H2,1-2H3,(H,24,25,26). The highest BCUT2D eigenvalue weighted by atomic mass is 16.5. The van der Waals surface area contributed by atoms with E-state index in [1.807, 2.05) is 36.4 Å². The van der Waals surface area contributed by atoms with Gasteiger partial charge >= 0.3 is 0 Å². The van der Waals surface area contributed by atoms with Gasteiger partial charge in [-0.25, -0.2) is 0 Å². The van der Waals surface area contributed by atoms with Gasteiger partial charge in [-0.05, 0) is 24.6 Å². The van der Waals surface area contributed by atoms with Crippen molar-refractivity contribution in [2.75, 3.05) is 48.4 Å². The molecule has 0 radical (unpaired) electrons. The smallest absolute Gasteiger partial charge is 0.247 e. The molecule has 4 rings (SSSR count). The van der Waals surface area contributed by atoms with Crippen LogP contribution in [0.5, 0.6) is 5.75 Å². The third kappa shape index (κ3) is 4.39. The van der Waals surface area contributed by atoms with E-state index in [9.17, 15) is 0 Å². The monoisotopic (exact) mass is 390 g/mol. The summed E-state index contributed by atoms with van der Waals surface area (Å²) in [6, 6.07) is 18.6. The summed E-state index contributed by atoms with van der Waals surface area (Å²) < 4.78 is 5.50. The van der Waals surface area contributed by atoms with Crippen LogP contribution in [0.2, 0.25) is 0 Å². The fourth-order valence-corrected chi connectivity index (χ4v) is 3.58. The molecule has 29 heavy (non-hydrogen) atoms. The van der Waals surface area contributed by atoms with Crippen molar-refractivity contribution >= 4 is 17.5 Å². The van der Waals surface area contributed by atoms with Crippen molar-refractivity contribution in [2.24, 2.45) is 0 Å². The molecule has 1 N–H and O–H groups in total. The molecule has 7 heteroatoms. The number of anilines is 3. The summed E-state index contributed by atoms with van der Waals surface area (Å²) in [5, 5.41) is 11.8. The first kappa shape index (κ1) is 19.0. The van der Waals surface area contributed by atoms with Gasteiger partial charge in [-0.3, -0.25) is 0 Å². The van der Waals surface area contributed by atoms with Gasteiger partial charge in [-0.2, -0.15) is 10.1 Å². The highest BCUT2D eigenvalue weighted by molar-refractivity contribution is 5.59. The molecule has 1 fully saturated rings. The van der Waals surface area contributed by atoms with Crippen LogP contribution in [0.4, 0.5) is 17.5 Å². The van der Waals surface area contributed by atoms with Crippen LogP contribution in [0.25, 0.3) is 0 Å². The second-order valence-electron chi connectivity index (χ2n) is 7.06. The molecule has 0 saturated carbocycles. The minimum absolute atomic E-state index is 0.142. The Morgan fingerprint density at radius 2 is 1.62 bits per heavy atom. The number of ether oxygens (including phenoxy) is 1. The van der Waals surface area contributed by atoms with Gasteiger partial charge in [-0.15, -0.1) is 5.10 Å². The minimum Gasteiger partial charge on any atom is -0.495 e. The molecule has 0 amide bonds. The summed E-state index contributed by atoms with van der Waals surface area (Å²) >= 11 is 0. The van der Waals surface area contributed by atoms with Crippen LogP contribution in [0.15, 0.2) is 60.8 Å². The third-order valence-electron chi connectivity index (χ3n) is 5.20. The number of piperazine rings is 1. The maximum Gasteiger partial charge on any atom is 0.247 e. The van der Waals surface area contributed by atoms with Crippen LogP contribution in [-0.2, 0) is 0 Å². The highest BCUT2D eigenvalue weighted by Gasteiger charge is 2.22. The van der Waals surface area contributed by atoms with Gasteiger partial charge in [0.2, 0.25) is 5.95 Å². The SMILES string of the molecule is COc1ccccc1N1CCN(c2nncc(NC(C)c3ccccc3)n2)CC1. The maximum absolute atomic E-state index is 5.50. The maximum atomic E-state index is 5.50. The van der Waals surface area contributed by atoms with Crippen molar-refractivity contribution < 1.29 is 4.74 Å². The van der Waals surface area contributed by atoms with E-state index < -0.39 is 0 Å². The van der Waals surface area contributed by atoms with E-state index in [1.54, 1.807) is 13.3 Å². The number of para-hydroxylation sites is 2. The van der Waals surface area contributed by atoms with Crippen molar-refractivity contribution in [1.29, 1.82) is 0 Å². The van der Waals surface area contributed by atoms with Crippen molar-refractivity contribution in [3.63, 3.8) is 0 Å². The van der Waals surface area contributed by atoms with Gasteiger partial charge in [0.15, 0.2) is 5.82 Å². The lowest BCUT2D eigenvalue weighted by molar-refractivity contribution is 0.413. The second-order valence-corrected chi connectivity index (χ2v) is 7.06. The zero-order valence-electron chi connectivity index (χ0n) is 16.8. The van der Waals surface area contributed by atoms with Crippen LogP contribution in [0.3, 0.4) is 0 Å². The summed E-state index contributed by atoms with van der Waals surface area (Å²) in [5.41, 5.74) is 2.33. The Hall–Kier alpha value is -3.35. The van der Waals surface area contributed by atoms with Gasteiger partial charge in [0.25, 0.3) is 0 Å². The Morgan fingerprint density at radius 1 is 0.931 bits per heavy atom. The number of benzene rings is 2. The first-order valence-corrected chi connectivity index (χ1v) is 9.88. The molecule has 0 aliphatic carbocycles. The van der Waals surface area contributed by atoms with E-state index in [4.69, 9.17) is 9.72 Å². The number of aromatic nitrogens is 3. The molecule has 1 saturated heterocycles. The fraction of sp³-hybridized carbons (Fsp3) is 0.318. The summed E-state index contributed by atoms with van der Waals surface area (Å²) in [6.07, 6.45) is 1.67. The number of hydrogen-bond acceptors (Lipinski definition) is 7. The Balaban J connectivity index is 1.41. The first-order chi connectivity index (χ1) is 14.2. The summed E-state index contributed by atoms with van der Waals surface area (Å²) in [7, 11) is 1.71. The molecule has 0 bridgehead atoms. The third-order valence-corrected chi connectivity index (χ3v) is 5.20. The van der Waals surface area contributed by atoms with Crippen LogP contribution in [0, 0.1) is 0 Å². The van der Waals surface area contributed by atoms with E-state index in [-0.39, 0.29) is 6.04 Å². The number of hydrogen-bond donors (Lipinski definition) is 1. The molecule has 0 spiro atoms. The summed E-state index contributed by atoms with van der Waals surface area (Å²) in [5.74, 6) is 2.30. The average molecular weight is 390 g/mol. The van der Waals surface area contributed by atoms with Crippen molar-refractivity contribution in [2.45, 2.75) is 13.0 Å². The molecule has 2 aromatic carbocycles. The highest BCUT2D eigenvalue weighted by Crippen LogP contribution is 2.29. The number of rotatable bonds is 6. The predicted octanol–water partition coefficient (Wildman–Crippen LogP) is 3.38.